The van der Waals surface area contributed by atoms with Crippen molar-refractivity contribution in [2.75, 3.05) is 45.3 Å². The lowest BCUT2D eigenvalue weighted by molar-refractivity contribution is -0.298. The van der Waals surface area contributed by atoms with Gasteiger partial charge in [0.15, 0.2) is 12.0 Å². The SMILES string of the molecule is NCCCOCCC(=O)NCC(=O)CC1C(O)CC(OP(=O)(O)OC[C@H]2O[C@@H](n3ccc(N)nc3=O)C(O)[C@H]2O)(C(=O)O)OC1C(O)[C@H](O)CO. The second-order valence-electron chi connectivity index (χ2n) is 11.8. The summed E-state index contributed by atoms with van der Waals surface area (Å²) < 4.78 is 39.5. The molecule has 23 nitrogen and oxygen atoms in total. The number of carbonyl (C=O) groups excluding carboxylic acids is 2. The lowest BCUT2D eigenvalue weighted by atomic mass is 9.80. The average molecular weight is 758 g/mol. The number of phosphoric acid groups is 1. The number of aliphatic hydroxyl groups excluding tert-OH is 6. The highest BCUT2D eigenvalue weighted by Gasteiger charge is 2.58. The minimum atomic E-state index is -5.60. The van der Waals surface area contributed by atoms with Gasteiger partial charge in [0.1, 0.15) is 36.3 Å². The molecule has 2 fully saturated rings. The number of ether oxygens (including phenoxy) is 3. The van der Waals surface area contributed by atoms with E-state index < -0.39 is 124 Å². The molecule has 11 atom stereocenters. The van der Waals surface area contributed by atoms with Crippen LogP contribution in [0.1, 0.15) is 31.9 Å². The van der Waals surface area contributed by atoms with Crippen LogP contribution in [0, 0.1) is 5.92 Å². The summed E-state index contributed by atoms with van der Waals surface area (Å²) in [5.74, 6) is -8.34. The minimum absolute atomic E-state index is 0.0532. The maximum absolute atomic E-state index is 13.0. The van der Waals surface area contributed by atoms with Crippen molar-refractivity contribution in [2.24, 2.45) is 11.7 Å². The van der Waals surface area contributed by atoms with Crippen molar-refractivity contribution >= 4 is 31.3 Å². The van der Waals surface area contributed by atoms with Gasteiger partial charge in [0.25, 0.3) is 5.79 Å². The van der Waals surface area contributed by atoms with Crippen LogP contribution in [0.25, 0.3) is 0 Å². The molecule has 2 aliphatic heterocycles. The Morgan fingerprint density at radius 2 is 1.90 bits per heavy atom. The van der Waals surface area contributed by atoms with Crippen LogP contribution in [0.3, 0.4) is 0 Å². The first-order valence-corrected chi connectivity index (χ1v) is 17.1. The number of nitrogens with one attached hydrogen (secondary N) is 1. The molecule has 7 unspecified atom stereocenters. The molecule has 0 spiro atoms. The number of anilines is 1. The van der Waals surface area contributed by atoms with Gasteiger partial charge in [0, 0.05) is 38.0 Å². The van der Waals surface area contributed by atoms with Crippen molar-refractivity contribution in [1.82, 2.24) is 14.9 Å². The first-order chi connectivity index (χ1) is 23.9. The Morgan fingerprint density at radius 1 is 1.20 bits per heavy atom. The van der Waals surface area contributed by atoms with E-state index in [2.05, 4.69) is 10.3 Å². The average Bonchev–Trinajstić information content (AvgIpc) is 3.35. The largest absolute Gasteiger partial charge is 0.477 e. The Labute approximate surface area is 289 Å². The molecule has 0 radical (unpaired) electrons. The predicted molar refractivity (Wildman–Crippen MR) is 166 cm³/mol. The van der Waals surface area contributed by atoms with Crippen LogP contribution in [-0.2, 0) is 42.2 Å². The van der Waals surface area contributed by atoms with Crippen LogP contribution < -0.4 is 22.5 Å². The van der Waals surface area contributed by atoms with E-state index in [9.17, 15) is 64.4 Å². The van der Waals surface area contributed by atoms with Gasteiger partial charge in [-0.1, -0.05) is 0 Å². The molecule has 13 N–H and O–H groups in total. The van der Waals surface area contributed by atoms with Gasteiger partial charge >= 0.3 is 19.5 Å². The highest BCUT2D eigenvalue weighted by Crippen LogP contribution is 2.52. The molecule has 51 heavy (non-hydrogen) atoms. The number of carboxylic acids is 1. The molecule has 3 rings (SSSR count). The molecular formula is C27H44N5O18P. The number of aromatic nitrogens is 2. The van der Waals surface area contributed by atoms with Gasteiger partial charge in [-0.05, 0) is 19.0 Å². The molecule has 0 bridgehead atoms. The van der Waals surface area contributed by atoms with E-state index in [4.69, 9.17) is 34.7 Å². The van der Waals surface area contributed by atoms with Gasteiger partial charge in [0.2, 0.25) is 5.91 Å². The van der Waals surface area contributed by atoms with Crippen molar-refractivity contribution in [1.29, 1.82) is 0 Å². The highest BCUT2D eigenvalue weighted by atomic mass is 31.2. The van der Waals surface area contributed by atoms with Crippen LogP contribution in [0.4, 0.5) is 5.82 Å². The van der Waals surface area contributed by atoms with Crippen LogP contribution in [0.5, 0.6) is 0 Å². The third kappa shape index (κ3) is 11.2. The normalized spacial score (nSPS) is 30.3. The number of nitrogens with zero attached hydrogens (tertiary/aromatic N) is 2. The number of carboxylic acid groups (broad SMARTS) is 1. The molecule has 1 aromatic rings. The van der Waals surface area contributed by atoms with Gasteiger partial charge < -0.3 is 71.6 Å². The van der Waals surface area contributed by atoms with Crippen LogP contribution in [0.15, 0.2) is 17.1 Å². The van der Waals surface area contributed by atoms with Crippen molar-refractivity contribution in [3.05, 3.63) is 22.7 Å². The Morgan fingerprint density at radius 3 is 2.53 bits per heavy atom. The summed E-state index contributed by atoms with van der Waals surface area (Å²) in [6.07, 6.45) is -15.2. The number of aliphatic carboxylic acids is 1. The van der Waals surface area contributed by atoms with Gasteiger partial charge in [-0.3, -0.25) is 18.7 Å². The van der Waals surface area contributed by atoms with Crippen LogP contribution in [-0.4, -0.2) is 156 Å². The first kappa shape index (κ1) is 42.4. The fraction of sp³-hybridized carbons (Fsp3) is 0.741. The number of phosphoric ester groups is 1. The molecule has 24 heteroatoms. The van der Waals surface area contributed by atoms with Crippen molar-refractivity contribution < 1.29 is 82.8 Å². The fourth-order valence-electron chi connectivity index (χ4n) is 5.31. The Kier molecular flexibility index (Phi) is 15.5. The molecule has 0 saturated carbocycles. The molecule has 0 aliphatic carbocycles. The van der Waals surface area contributed by atoms with E-state index in [0.717, 1.165) is 10.8 Å². The van der Waals surface area contributed by atoms with E-state index in [1.807, 2.05) is 0 Å². The number of nitrogen functional groups attached to an aromatic ring is 1. The van der Waals surface area contributed by atoms with E-state index in [-0.39, 0.29) is 18.8 Å². The molecule has 290 valence electrons. The molecule has 1 amide bonds. The number of rotatable bonds is 20. The van der Waals surface area contributed by atoms with Crippen molar-refractivity contribution in [3.8, 4) is 0 Å². The topological polar surface area (TPSA) is 375 Å². The fourth-order valence-corrected chi connectivity index (χ4v) is 6.26. The number of amides is 1. The first-order valence-electron chi connectivity index (χ1n) is 15.6. The second-order valence-corrected chi connectivity index (χ2v) is 13.2. The summed E-state index contributed by atoms with van der Waals surface area (Å²) in [6, 6.07) is 1.19. The molecule has 2 saturated heterocycles. The summed E-state index contributed by atoms with van der Waals surface area (Å²) >= 11 is 0. The quantitative estimate of drug-likeness (QED) is 0.0437. The van der Waals surface area contributed by atoms with E-state index in [0.29, 0.717) is 19.6 Å². The molecule has 3 heterocycles. The molecular weight excluding hydrogens is 713 g/mol. The van der Waals surface area contributed by atoms with Gasteiger partial charge in [-0.2, -0.15) is 4.98 Å². The summed E-state index contributed by atoms with van der Waals surface area (Å²) in [4.78, 5) is 63.4. The number of carbonyl (C=O) groups is 3. The number of Topliss-reactive ketones (excluding diaryl/α,β-unsaturated/α-hetero) is 1. The third-order valence-electron chi connectivity index (χ3n) is 8.00. The number of ketones is 1. The van der Waals surface area contributed by atoms with Crippen molar-refractivity contribution in [2.45, 2.75) is 80.4 Å². The standard InChI is InChI=1S/C27H44N5O18P/c28-4-1-6-46-7-3-19(37)30-10-13(34)8-14-15(35)9-27(25(41)42,49-23(14)20(38)16(36)11-33)50-51(44,45)47-12-17-21(39)22(40)24(48-17)32-5-2-18(29)31-26(32)43/h2,5,14-17,20-24,33,35-36,38-40H,1,3-4,6-12,28H2,(H,30,37)(H,41,42)(H,44,45)(H2,29,31,43)/t14?,15?,16-,17-,20?,21+,22?,23?,24-,27?/m1/s1. The summed E-state index contributed by atoms with van der Waals surface area (Å²) in [7, 11) is -5.60. The lowest BCUT2D eigenvalue weighted by Crippen LogP contribution is -2.62. The van der Waals surface area contributed by atoms with E-state index in [1.54, 1.807) is 0 Å². The number of aliphatic hydroxyl groups is 6. The molecule has 0 aromatic carbocycles. The zero-order valence-corrected chi connectivity index (χ0v) is 28.0. The van der Waals surface area contributed by atoms with Gasteiger partial charge in [0.05, 0.1) is 38.6 Å². The Bertz CT molecular complexity index is 1450. The van der Waals surface area contributed by atoms with Crippen molar-refractivity contribution in [3.63, 3.8) is 0 Å². The Hall–Kier alpha value is -3.00. The zero-order valence-electron chi connectivity index (χ0n) is 27.1. The molecule has 2 aliphatic rings. The smallest absolute Gasteiger partial charge is 0.475 e. The predicted octanol–water partition coefficient (Wildman–Crippen LogP) is -5.33. The van der Waals surface area contributed by atoms with Crippen LogP contribution >= 0.6 is 7.82 Å². The number of nitrogens with two attached hydrogens (primary N) is 2. The monoisotopic (exact) mass is 757 g/mol. The van der Waals surface area contributed by atoms with Gasteiger partial charge in [-0.25, -0.2) is 18.7 Å². The summed E-state index contributed by atoms with van der Waals surface area (Å²) in [5.41, 5.74) is 9.83. The third-order valence-corrected chi connectivity index (χ3v) is 9.01. The minimum Gasteiger partial charge on any atom is -0.477 e. The van der Waals surface area contributed by atoms with Crippen LogP contribution in [0.2, 0.25) is 0 Å². The summed E-state index contributed by atoms with van der Waals surface area (Å²) in [5, 5.41) is 74.5. The number of hydrogen-bond acceptors (Lipinski definition) is 19. The van der Waals surface area contributed by atoms with E-state index in [1.165, 1.54) is 6.07 Å². The highest BCUT2D eigenvalue weighted by molar-refractivity contribution is 7.47. The lowest BCUT2D eigenvalue weighted by Gasteiger charge is -2.46. The Balaban J connectivity index is 1.71. The second kappa shape index (κ2) is 18.7. The van der Waals surface area contributed by atoms with Gasteiger partial charge in [-0.15, -0.1) is 0 Å². The summed E-state index contributed by atoms with van der Waals surface area (Å²) in [6.45, 7) is -1.92. The number of hydrogen-bond donors (Lipinski definition) is 11. The maximum atomic E-state index is 13.0. The maximum Gasteiger partial charge on any atom is 0.475 e. The zero-order chi connectivity index (χ0) is 38.1. The van der Waals surface area contributed by atoms with E-state index >= 15 is 0 Å². The molecule has 1 aromatic heterocycles.